The van der Waals surface area contributed by atoms with Crippen LogP contribution < -0.4 is 11.3 Å². The minimum atomic E-state index is 0.0687. The standard InChI is InChI=1S/C24H29N3O/c1-16-6-9-20(10-7-16)23-26-22-11-8-17(2)12-21(22)24(28)27(23)15-19-5-3-4-18(13-19)14-25/h6-12,18-19H,3-5,13-15,25H2,1-2H3. The maximum Gasteiger partial charge on any atom is 0.261 e. The molecule has 1 aliphatic carbocycles. The zero-order valence-electron chi connectivity index (χ0n) is 16.8. The molecular formula is C24H29N3O. The fourth-order valence-electron chi connectivity index (χ4n) is 4.47. The van der Waals surface area contributed by atoms with Gasteiger partial charge in [0.1, 0.15) is 5.82 Å². The minimum Gasteiger partial charge on any atom is -0.330 e. The number of hydrogen-bond donors (Lipinski definition) is 1. The number of hydrogen-bond acceptors (Lipinski definition) is 3. The highest BCUT2D eigenvalue weighted by Gasteiger charge is 2.23. The van der Waals surface area contributed by atoms with Crippen LogP contribution in [-0.4, -0.2) is 16.1 Å². The van der Waals surface area contributed by atoms with E-state index in [9.17, 15) is 4.79 Å². The molecule has 1 fully saturated rings. The summed E-state index contributed by atoms with van der Waals surface area (Å²) in [5.74, 6) is 1.83. The normalized spacial score (nSPS) is 19.8. The molecule has 2 aromatic carbocycles. The van der Waals surface area contributed by atoms with Crippen molar-refractivity contribution in [2.24, 2.45) is 17.6 Å². The van der Waals surface area contributed by atoms with Crippen LogP contribution in [-0.2, 0) is 6.54 Å². The first-order chi connectivity index (χ1) is 13.5. The summed E-state index contributed by atoms with van der Waals surface area (Å²) in [4.78, 5) is 18.4. The molecule has 2 atom stereocenters. The molecule has 0 spiro atoms. The molecular weight excluding hydrogens is 346 g/mol. The lowest BCUT2D eigenvalue weighted by Crippen LogP contribution is -2.30. The molecule has 1 aromatic heterocycles. The third kappa shape index (κ3) is 3.74. The molecule has 2 N–H and O–H groups in total. The Bertz CT molecular complexity index is 1040. The number of nitrogens with zero attached hydrogens (tertiary/aromatic N) is 2. The predicted molar refractivity (Wildman–Crippen MR) is 115 cm³/mol. The second-order valence-corrected chi connectivity index (χ2v) is 8.37. The third-order valence-electron chi connectivity index (χ3n) is 6.08. The van der Waals surface area contributed by atoms with E-state index < -0.39 is 0 Å². The Morgan fingerprint density at radius 3 is 2.50 bits per heavy atom. The second-order valence-electron chi connectivity index (χ2n) is 8.37. The largest absolute Gasteiger partial charge is 0.330 e. The molecule has 0 aliphatic heterocycles. The Hall–Kier alpha value is -2.46. The SMILES string of the molecule is Cc1ccc(-c2nc3ccc(C)cc3c(=O)n2CC2CCCC(CN)C2)cc1. The van der Waals surface area contributed by atoms with Crippen molar-refractivity contribution in [3.05, 3.63) is 63.9 Å². The van der Waals surface area contributed by atoms with Gasteiger partial charge in [0.15, 0.2) is 0 Å². The highest BCUT2D eigenvalue weighted by atomic mass is 16.1. The van der Waals surface area contributed by atoms with Gasteiger partial charge >= 0.3 is 0 Å². The topological polar surface area (TPSA) is 60.9 Å². The van der Waals surface area contributed by atoms with Gasteiger partial charge in [0, 0.05) is 12.1 Å². The van der Waals surface area contributed by atoms with Gasteiger partial charge in [-0.3, -0.25) is 9.36 Å². The summed E-state index contributed by atoms with van der Waals surface area (Å²) in [6.45, 7) is 5.55. The van der Waals surface area contributed by atoms with E-state index in [1.807, 2.05) is 29.7 Å². The molecule has 0 bridgehead atoms. The zero-order chi connectivity index (χ0) is 19.7. The van der Waals surface area contributed by atoms with Crippen LogP contribution in [0.5, 0.6) is 0 Å². The molecule has 3 aromatic rings. The molecule has 0 saturated heterocycles. The van der Waals surface area contributed by atoms with Crippen LogP contribution in [0.4, 0.5) is 0 Å². The number of aromatic nitrogens is 2. The van der Waals surface area contributed by atoms with Gasteiger partial charge in [-0.2, -0.15) is 0 Å². The van der Waals surface area contributed by atoms with E-state index in [2.05, 4.69) is 31.2 Å². The lowest BCUT2D eigenvalue weighted by molar-refractivity contribution is 0.246. The van der Waals surface area contributed by atoms with Crippen molar-refractivity contribution in [1.29, 1.82) is 0 Å². The highest BCUT2D eigenvalue weighted by molar-refractivity contribution is 5.80. The number of aryl methyl sites for hydroxylation is 2. The molecule has 1 heterocycles. The Labute approximate surface area is 166 Å². The summed E-state index contributed by atoms with van der Waals surface area (Å²) < 4.78 is 1.91. The lowest BCUT2D eigenvalue weighted by atomic mass is 9.81. The zero-order valence-corrected chi connectivity index (χ0v) is 16.8. The maximum atomic E-state index is 13.5. The van der Waals surface area contributed by atoms with Crippen molar-refractivity contribution >= 4 is 10.9 Å². The summed E-state index contributed by atoms with van der Waals surface area (Å²) >= 11 is 0. The first kappa shape index (κ1) is 18.9. The van der Waals surface area contributed by atoms with Gasteiger partial charge in [-0.15, -0.1) is 0 Å². The van der Waals surface area contributed by atoms with Crippen molar-refractivity contribution in [1.82, 2.24) is 9.55 Å². The molecule has 0 radical (unpaired) electrons. The van der Waals surface area contributed by atoms with Crippen molar-refractivity contribution in [3.8, 4) is 11.4 Å². The Morgan fingerprint density at radius 2 is 1.75 bits per heavy atom. The van der Waals surface area contributed by atoms with Crippen LogP contribution in [0.15, 0.2) is 47.3 Å². The van der Waals surface area contributed by atoms with Gasteiger partial charge in [-0.25, -0.2) is 4.98 Å². The molecule has 28 heavy (non-hydrogen) atoms. The number of benzene rings is 2. The lowest BCUT2D eigenvalue weighted by Gasteiger charge is -2.29. The summed E-state index contributed by atoms with van der Waals surface area (Å²) in [5, 5.41) is 0.710. The maximum absolute atomic E-state index is 13.5. The van der Waals surface area contributed by atoms with E-state index in [-0.39, 0.29) is 5.56 Å². The van der Waals surface area contributed by atoms with Gasteiger partial charge < -0.3 is 5.73 Å². The molecule has 0 amide bonds. The average molecular weight is 376 g/mol. The van der Waals surface area contributed by atoms with E-state index in [1.54, 1.807) is 0 Å². The van der Waals surface area contributed by atoms with Crippen LogP contribution in [0.2, 0.25) is 0 Å². The van der Waals surface area contributed by atoms with Crippen molar-refractivity contribution in [2.45, 2.75) is 46.1 Å². The second kappa shape index (κ2) is 7.88. The van der Waals surface area contributed by atoms with E-state index in [0.717, 1.165) is 48.4 Å². The molecule has 4 nitrogen and oxygen atoms in total. The quantitative estimate of drug-likeness (QED) is 0.733. The van der Waals surface area contributed by atoms with Gasteiger partial charge in [0.25, 0.3) is 5.56 Å². The molecule has 146 valence electrons. The van der Waals surface area contributed by atoms with Crippen LogP contribution >= 0.6 is 0 Å². The summed E-state index contributed by atoms with van der Waals surface area (Å²) in [6.07, 6.45) is 4.66. The van der Waals surface area contributed by atoms with Crippen LogP contribution in [0.25, 0.3) is 22.3 Å². The first-order valence-corrected chi connectivity index (χ1v) is 10.3. The van der Waals surface area contributed by atoms with E-state index in [1.165, 1.54) is 18.4 Å². The Balaban J connectivity index is 1.83. The highest BCUT2D eigenvalue weighted by Crippen LogP contribution is 2.30. The van der Waals surface area contributed by atoms with Crippen LogP contribution in [0.1, 0.15) is 36.8 Å². The molecule has 2 unspecified atom stereocenters. The number of fused-ring (bicyclic) bond motifs is 1. The van der Waals surface area contributed by atoms with Crippen molar-refractivity contribution in [2.75, 3.05) is 6.54 Å². The third-order valence-corrected chi connectivity index (χ3v) is 6.08. The first-order valence-electron chi connectivity index (χ1n) is 10.3. The number of rotatable bonds is 4. The number of nitrogens with two attached hydrogens (primary N) is 1. The Kier molecular flexibility index (Phi) is 5.31. The smallest absolute Gasteiger partial charge is 0.261 e. The summed E-state index contributed by atoms with van der Waals surface area (Å²) in [7, 11) is 0. The van der Waals surface area contributed by atoms with E-state index in [4.69, 9.17) is 10.7 Å². The molecule has 1 aliphatic rings. The van der Waals surface area contributed by atoms with Gasteiger partial charge in [0.05, 0.1) is 10.9 Å². The molecule has 4 heteroatoms. The van der Waals surface area contributed by atoms with Gasteiger partial charge in [0.2, 0.25) is 0 Å². The average Bonchev–Trinajstić information content (AvgIpc) is 2.71. The van der Waals surface area contributed by atoms with Crippen LogP contribution in [0.3, 0.4) is 0 Å². The van der Waals surface area contributed by atoms with Gasteiger partial charge in [-0.05, 0) is 63.6 Å². The van der Waals surface area contributed by atoms with E-state index >= 15 is 0 Å². The fourth-order valence-corrected chi connectivity index (χ4v) is 4.47. The molecule has 1 saturated carbocycles. The predicted octanol–water partition coefficient (Wildman–Crippen LogP) is 4.45. The Morgan fingerprint density at radius 1 is 1.04 bits per heavy atom. The monoisotopic (exact) mass is 375 g/mol. The van der Waals surface area contributed by atoms with Crippen molar-refractivity contribution in [3.63, 3.8) is 0 Å². The fraction of sp³-hybridized carbons (Fsp3) is 0.417. The summed E-state index contributed by atoms with van der Waals surface area (Å²) in [5.41, 5.74) is 10.1. The van der Waals surface area contributed by atoms with Crippen molar-refractivity contribution < 1.29 is 0 Å². The van der Waals surface area contributed by atoms with Crippen LogP contribution in [0, 0.1) is 25.7 Å². The summed E-state index contributed by atoms with van der Waals surface area (Å²) in [6, 6.07) is 14.2. The minimum absolute atomic E-state index is 0.0687. The van der Waals surface area contributed by atoms with Gasteiger partial charge in [-0.1, -0.05) is 47.9 Å². The molecule has 4 rings (SSSR count). The van der Waals surface area contributed by atoms with E-state index in [0.29, 0.717) is 17.2 Å².